The van der Waals surface area contributed by atoms with Gasteiger partial charge in [0.15, 0.2) is 0 Å². The highest BCUT2D eigenvalue weighted by Gasteiger charge is 2.29. The molecule has 1 aliphatic rings. The van der Waals surface area contributed by atoms with Gasteiger partial charge < -0.3 is 15.6 Å². The van der Waals surface area contributed by atoms with Gasteiger partial charge in [-0.15, -0.1) is 0 Å². The maximum absolute atomic E-state index is 11.9. The molecule has 108 valence electrons. The Balaban J connectivity index is 2.42. The van der Waals surface area contributed by atoms with Crippen molar-refractivity contribution in [3.8, 4) is 0 Å². The lowest BCUT2D eigenvalue weighted by atomic mass is 10.1. The Labute approximate surface area is 116 Å². The second-order valence-corrected chi connectivity index (χ2v) is 4.55. The highest BCUT2D eigenvalue weighted by atomic mass is 16.6. The number of piperazine rings is 1. The van der Waals surface area contributed by atoms with E-state index in [2.05, 4.69) is 10.7 Å². The zero-order chi connectivity index (χ0) is 14.7. The standard InChI is InChI=1S/C12H17N5O3/c1-2-11-12(18)14-3-4-16(11)9-5-8(15-13)6-10(7-9)17(19)20/h5-7,11,15H,2-4,13H2,1H3,(H,14,18). The van der Waals surface area contributed by atoms with Crippen LogP contribution in [0.4, 0.5) is 17.1 Å². The van der Waals surface area contributed by atoms with Crippen molar-refractivity contribution in [1.82, 2.24) is 5.32 Å². The van der Waals surface area contributed by atoms with E-state index < -0.39 is 4.92 Å². The molecule has 1 saturated heterocycles. The van der Waals surface area contributed by atoms with Gasteiger partial charge in [-0.25, -0.2) is 0 Å². The van der Waals surface area contributed by atoms with Gasteiger partial charge in [0.1, 0.15) is 6.04 Å². The molecule has 0 bridgehead atoms. The van der Waals surface area contributed by atoms with Crippen molar-refractivity contribution in [2.45, 2.75) is 19.4 Å². The van der Waals surface area contributed by atoms with Crippen LogP contribution in [0.15, 0.2) is 18.2 Å². The third-order valence-electron chi connectivity index (χ3n) is 3.33. The third-order valence-corrected chi connectivity index (χ3v) is 3.33. The predicted molar refractivity (Wildman–Crippen MR) is 75.3 cm³/mol. The number of nitrogens with two attached hydrogens (primary N) is 1. The van der Waals surface area contributed by atoms with E-state index in [4.69, 9.17) is 5.84 Å². The summed E-state index contributed by atoms with van der Waals surface area (Å²) in [5.74, 6) is 5.28. The monoisotopic (exact) mass is 279 g/mol. The molecule has 8 nitrogen and oxygen atoms in total. The third kappa shape index (κ3) is 2.64. The van der Waals surface area contributed by atoms with Gasteiger partial charge in [-0.1, -0.05) is 6.92 Å². The minimum Gasteiger partial charge on any atom is -0.357 e. The Morgan fingerprint density at radius 2 is 2.30 bits per heavy atom. The second kappa shape index (κ2) is 5.74. The Kier molecular flexibility index (Phi) is 4.04. The maximum Gasteiger partial charge on any atom is 0.273 e. The number of non-ortho nitro benzene ring substituents is 1. The van der Waals surface area contributed by atoms with Crippen LogP contribution in [-0.4, -0.2) is 30.0 Å². The molecular weight excluding hydrogens is 262 g/mol. The SMILES string of the molecule is CCC1C(=O)NCCN1c1cc(NN)cc([N+](=O)[O-])c1. The summed E-state index contributed by atoms with van der Waals surface area (Å²) < 4.78 is 0. The summed E-state index contributed by atoms with van der Waals surface area (Å²) in [6, 6.07) is 4.20. The number of benzene rings is 1. The molecule has 1 aliphatic heterocycles. The van der Waals surface area contributed by atoms with Crippen molar-refractivity contribution in [2.24, 2.45) is 5.84 Å². The predicted octanol–water partition coefficient (Wildman–Crippen LogP) is 0.595. The van der Waals surface area contributed by atoms with Crippen molar-refractivity contribution >= 4 is 23.0 Å². The molecular formula is C12H17N5O3. The van der Waals surface area contributed by atoms with Crippen LogP contribution in [0, 0.1) is 10.1 Å². The summed E-state index contributed by atoms with van der Waals surface area (Å²) in [6.45, 7) is 3.03. The summed E-state index contributed by atoms with van der Waals surface area (Å²) in [7, 11) is 0. The van der Waals surface area contributed by atoms with Crippen molar-refractivity contribution in [3.05, 3.63) is 28.3 Å². The summed E-state index contributed by atoms with van der Waals surface area (Å²) in [5.41, 5.74) is 3.41. The Hall–Kier alpha value is -2.35. The highest BCUT2D eigenvalue weighted by molar-refractivity contribution is 5.87. The second-order valence-electron chi connectivity index (χ2n) is 4.55. The zero-order valence-corrected chi connectivity index (χ0v) is 11.1. The van der Waals surface area contributed by atoms with E-state index in [0.29, 0.717) is 30.9 Å². The Bertz CT molecular complexity index is 534. The molecule has 1 atom stereocenters. The summed E-state index contributed by atoms with van der Waals surface area (Å²) in [4.78, 5) is 24.2. The molecule has 2 rings (SSSR count). The van der Waals surface area contributed by atoms with Crippen molar-refractivity contribution in [2.75, 3.05) is 23.4 Å². The number of rotatable bonds is 4. The number of hydrogen-bond donors (Lipinski definition) is 3. The molecule has 1 unspecified atom stereocenters. The number of nitrogens with one attached hydrogen (secondary N) is 2. The Morgan fingerprint density at radius 1 is 1.55 bits per heavy atom. The van der Waals surface area contributed by atoms with E-state index >= 15 is 0 Å². The first-order valence-corrected chi connectivity index (χ1v) is 6.37. The molecule has 0 spiro atoms. The topological polar surface area (TPSA) is 114 Å². The lowest BCUT2D eigenvalue weighted by Crippen LogP contribution is -2.55. The number of nitrogen functional groups attached to an aromatic ring is 1. The number of carbonyl (C=O) groups is 1. The highest BCUT2D eigenvalue weighted by Crippen LogP contribution is 2.29. The zero-order valence-electron chi connectivity index (χ0n) is 11.1. The molecule has 4 N–H and O–H groups in total. The first-order valence-electron chi connectivity index (χ1n) is 6.37. The lowest BCUT2D eigenvalue weighted by molar-refractivity contribution is -0.384. The van der Waals surface area contributed by atoms with Gasteiger partial charge in [-0.3, -0.25) is 20.8 Å². The Morgan fingerprint density at radius 3 is 2.90 bits per heavy atom. The van der Waals surface area contributed by atoms with E-state index in [1.807, 2.05) is 11.8 Å². The van der Waals surface area contributed by atoms with Crippen LogP contribution in [0.25, 0.3) is 0 Å². The molecule has 0 saturated carbocycles. The number of nitrogens with zero attached hydrogens (tertiary/aromatic N) is 2. The van der Waals surface area contributed by atoms with Crippen LogP contribution in [0.2, 0.25) is 0 Å². The first kappa shape index (κ1) is 14.1. The van der Waals surface area contributed by atoms with Crippen molar-refractivity contribution in [1.29, 1.82) is 0 Å². The number of hydrazine groups is 1. The van der Waals surface area contributed by atoms with Gasteiger partial charge in [-0.2, -0.15) is 0 Å². The van der Waals surface area contributed by atoms with E-state index in [-0.39, 0.29) is 17.6 Å². The van der Waals surface area contributed by atoms with Crippen LogP contribution < -0.4 is 21.5 Å². The molecule has 1 heterocycles. The molecule has 1 fully saturated rings. The number of hydrogen-bond acceptors (Lipinski definition) is 6. The molecule has 1 aromatic rings. The van der Waals surface area contributed by atoms with Crippen LogP contribution >= 0.6 is 0 Å². The summed E-state index contributed by atoms with van der Waals surface area (Å²) >= 11 is 0. The molecule has 20 heavy (non-hydrogen) atoms. The minimum absolute atomic E-state index is 0.0590. The minimum atomic E-state index is -0.477. The fourth-order valence-corrected chi connectivity index (χ4v) is 2.38. The van der Waals surface area contributed by atoms with Gasteiger partial charge in [0.25, 0.3) is 5.69 Å². The average molecular weight is 279 g/mol. The number of nitro benzene ring substituents is 1. The van der Waals surface area contributed by atoms with Gasteiger partial charge in [0.05, 0.1) is 10.6 Å². The number of nitro groups is 1. The van der Waals surface area contributed by atoms with Crippen LogP contribution in [0.1, 0.15) is 13.3 Å². The fourth-order valence-electron chi connectivity index (χ4n) is 2.38. The van der Waals surface area contributed by atoms with Crippen molar-refractivity contribution < 1.29 is 9.72 Å². The summed E-state index contributed by atoms with van der Waals surface area (Å²) in [6.07, 6.45) is 0.625. The molecule has 1 aromatic carbocycles. The van der Waals surface area contributed by atoms with Crippen LogP contribution in [0.3, 0.4) is 0 Å². The number of carbonyl (C=O) groups excluding carboxylic acids is 1. The van der Waals surface area contributed by atoms with Gasteiger partial charge >= 0.3 is 0 Å². The van der Waals surface area contributed by atoms with Crippen molar-refractivity contribution in [3.63, 3.8) is 0 Å². The number of amides is 1. The molecule has 0 aromatic heterocycles. The maximum atomic E-state index is 11.9. The molecule has 8 heteroatoms. The molecule has 1 amide bonds. The molecule has 0 radical (unpaired) electrons. The largest absolute Gasteiger partial charge is 0.357 e. The van der Waals surface area contributed by atoms with Crippen LogP contribution in [0.5, 0.6) is 0 Å². The first-order chi connectivity index (χ1) is 9.56. The smallest absolute Gasteiger partial charge is 0.273 e. The number of anilines is 2. The van der Waals surface area contributed by atoms with Crippen LogP contribution in [-0.2, 0) is 4.79 Å². The lowest BCUT2D eigenvalue weighted by Gasteiger charge is -2.36. The van der Waals surface area contributed by atoms with Gasteiger partial charge in [-0.05, 0) is 12.5 Å². The quantitative estimate of drug-likeness (QED) is 0.422. The fraction of sp³-hybridized carbons (Fsp3) is 0.417. The molecule has 0 aliphatic carbocycles. The average Bonchev–Trinajstić information content (AvgIpc) is 2.46. The van der Waals surface area contributed by atoms with E-state index in [1.165, 1.54) is 12.1 Å². The summed E-state index contributed by atoms with van der Waals surface area (Å²) in [5, 5.41) is 13.8. The van der Waals surface area contributed by atoms with Gasteiger partial charge in [0, 0.05) is 30.9 Å². The normalized spacial score (nSPS) is 18.6. The van der Waals surface area contributed by atoms with Gasteiger partial charge in [0.2, 0.25) is 5.91 Å². The van der Waals surface area contributed by atoms with E-state index in [0.717, 1.165) is 0 Å². The van der Waals surface area contributed by atoms with E-state index in [1.54, 1.807) is 6.07 Å². The van der Waals surface area contributed by atoms with E-state index in [9.17, 15) is 14.9 Å².